The summed E-state index contributed by atoms with van der Waals surface area (Å²) in [6.07, 6.45) is 0.567. The number of aliphatic hydroxyl groups is 1. The van der Waals surface area contributed by atoms with Crippen LogP contribution in [0.4, 0.5) is 0 Å². The first-order valence-electron chi connectivity index (χ1n) is 8.21. The number of benzene rings is 1. The van der Waals surface area contributed by atoms with Gasteiger partial charge in [-0.3, -0.25) is 4.90 Å². The molecular formula is C19H27NO2S. The fourth-order valence-electron chi connectivity index (χ4n) is 2.50. The Labute approximate surface area is 143 Å². The van der Waals surface area contributed by atoms with Crippen molar-refractivity contribution in [1.82, 2.24) is 4.90 Å². The molecule has 1 aromatic carbocycles. The molecule has 2 rings (SSSR count). The number of para-hydroxylation sites is 1. The first-order chi connectivity index (χ1) is 11.1. The van der Waals surface area contributed by atoms with Gasteiger partial charge in [-0.2, -0.15) is 11.3 Å². The number of hydrogen-bond donors (Lipinski definition) is 1. The van der Waals surface area contributed by atoms with Crippen molar-refractivity contribution < 1.29 is 9.84 Å². The monoisotopic (exact) mass is 333 g/mol. The Morgan fingerprint density at radius 3 is 2.70 bits per heavy atom. The second-order valence-corrected chi connectivity index (χ2v) is 6.83. The molecule has 0 bridgehead atoms. The van der Waals surface area contributed by atoms with Crippen molar-refractivity contribution in [1.29, 1.82) is 0 Å². The summed E-state index contributed by atoms with van der Waals surface area (Å²) in [5.41, 5.74) is 2.40. The van der Waals surface area contributed by atoms with Gasteiger partial charge in [-0.25, -0.2) is 0 Å². The molecule has 0 aliphatic heterocycles. The van der Waals surface area contributed by atoms with Crippen molar-refractivity contribution >= 4 is 11.3 Å². The SMILES string of the molecule is CC[C@H](C)N(Cc1ccsc1)C[C@@H](O)COc1ccccc1C. The molecular weight excluding hydrogens is 306 g/mol. The lowest BCUT2D eigenvalue weighted by Crippen LogP contribution is -2.40. The van der Waals surface area contributed by atoms with Crippen molar-refractivity contribution in [2.75, 3.05) is 13.2 Å². The van der Waals surface area contributed by atoms with E-state index in [0.29, 0.717) is 19.2 Å². The molecule has 1 heterocycles. The molecule has 4 heteroatoms. The van der Waals surface area contributed by atoms with E-state index in [1.165, 1.54) is 5.56 Å². The number of hydrogen-bond acceptors (Lipinski definition) is 4. The van der Waals surface area contributed by atoms with Gasteiger partial charge in [0, 0.05) is 19.1 Å². The first-order valence-corrected chi connectivity index (χ1v) is 9.16. The van der Waals surface area contributed by atoms with Crippen LogP contribution in [-0.4, -0.2) is 35.3 Å². The number of thiophene rings is 1. The number of rotatable bonds is 9. The van der Waals surface area contributed by atoms with E-state index in [2.05, 4.69) is 35.6 Å². The predicted octanol–water partition coefficient (Wildman–Crippen LogP) is 4.10. The van der Waals surface area contributed by atoms with E-state index in [1.54, 1.807) is 11.3 Å². The maximum Gasteiger partial charge on any atom is 0.122 e. The summed E-state index contributed by atoms with van der Waals surface area (Å²) in [7, 11) is 0. The number of nitrogens with zero attached hydrogens (tertiary/aromatic N) is 1. The summed E-state index contributed by atoms with van der Waals surface area (Å²) >= 11 is 1.72. The van der Waals surface area contributed by atoms with E-state index < -0.39 is 6.10 Å². The van der Waals surface area contributed by atoms with Gasteiger partial charge in [0.05, 0.1) is 0 Å². The third kappa shape index (κ3) is 5.65. The minimum atomic E-state index is -0.498. The van der Waals surface area contributed by atoms with Crippen LogP contribution < -0.4 is 4.74 Å². The lowest BCUT2D eigenvalue weighted by atomic mass is 10.1. The van der Waals surface area contributed by atoms with E-state index in [4.69, 9.17) is 4.74 Å². The standard InChI is InChI=1S/C19H27NO2S/c1-4-16(3)20(11-17-9-10-23-14-17)12-18(21)13-22-19-8-6-5-7-15(19)2/h5-10,14,16,18,21H,4,11-13H2,1-3H3/t16-,18+/m0/s1. The second kappa shape index (κ2) is 9.06. The zero-order valence-electron chi connectivity index (χ0n) is 14.2. The molecule has 1 N–H and O–H groups in total. The molecule has 0 amide bonds. The van der Waals surface area contributed by atoms with Gasteiger partial charge >= 0.3 is 0 Å². The van der Waals surface area contributed by atoms with E-state index >= 15 is 0 Å². The summed E-state index contributed by atoms with van der Waals surface area (Å²) in [4.78, 5) is 2.33. The van der Waals surface area contributed by atoms with Crippen molar-refractivity contribution in [2.45, 2.75) is 45.9 Å². The van der Waals surface area contributed by atoms with E-state index in [0.717, 1.165) is 24.3 Å². The van der Waals surface area contributed by atoms with Crippen LogP contribution in [0.5, 0.6) is 5.75 Å². The van der Waals surface area contributed by atoms with E-state index in [1.807, 2.05) is 31.2 Å². The largest absolute Gasteiger partial charge is 0.491 e. The molecule has 0 fully saturated rings. The number of aliphatic hydroxyl groups excluding tert-OH is 1. The quantitative estimate of drug-likeness (QED) is 0.750. The van der Waals surface area contributed by atoms with Gasteiger partial charge in [0.2, 0.25) is 0 Å². The molecule has 2 atom stereocenters. The normalized spacial score (nSPS) is 14.0. The van der Waals surface area contributed by atoms with Crippen LogP contribution in [0.15, 0.2) is 41.1 Å². The Morgan fingerprint density at radius 2 is 2.04 bits per heavy atom. The average molecular weight is 333 g/mol. The zero-order chi connectivity index (χ0) is 16.7. The van der Waals surface area contributed by atoms with Crippen LogP contribution in [0.1, 0.15) is 31.4 Å². The van der Waals surface area contributed by atoms with Gasteiger partial charge in [0.1, 0.15) is 18.5 Å². The van der Waals surface area contributed by atoms with Gasteiger partial charge in [-0.15, -0.1) is 0 Å². The maximum absolute atomic E-state index is 10.4. The summed E-state index contributed by atoms with van der Waals surface area (Å²) in [5.74, 6) is 0.847. The third-order valence-corrected chi connectivity index (χ3v) is 4.88. The Balaban J connectivity index is 1.89. The van der Waals surface area contributed by atoms with E-state index in [9.17, 15) is 5.11 Å². The molecule has 0 aliphatic carbocycles. The molecule has 126 valence electrons. The summed E-state index contributed by atoms with van der Waals surface area (Å²) in [6.45, 7) is 8.23. The highest BCUT2D eigenvalue weighted by Gasteiger charge is 2.18. The smallest absolute Gasteiger partial charge is 0.122 e. The highest BCUT2D eigenvalue weighted by molar-refractivity contribution is 7.07. The molecule has 0 saturated carbocycles. The Morgan fingerprint density at radius 1 is 1.26 bits per heavy atom. The predicted molar refractivity (Wildman–Crippen MR) is 97.2 cm³/mol. The van der Waals surface area contributed by atoms with Gasteiger partial charge in [-0.05, 0) is 54.3 Å². The maximum atomic E-state index is 10.4. The zero-order valence-corrected chi connectivity index (χ0v) is 15.1. The first kappa shape index (κ1) is 18.0. The molecule has 0 unspecified atom stereocenters. The van der Waals surface area contributed by atoms with Gasteiger partial charge < -0.3 is 9.84 Å². The molecule has 0 radical (unpaired) electrons. The minimum absolute atomic E-state index is 0.321. The molecule has 3 nitrogen and oxygen atoms in total. The Bertz CT molecular complexity index is 571. The van der Waals surface area contributed by atoms with Gasteiger partial charge in [0.25, 0.3) is 0 Å². The fourth-order valence-corrected chi connectivity index (χ4v) is 3.16. The third-order valence-electron chi connectivity index (χ3n) is 4.15. The van der Waals surface area contributed by atoms with Crippen LogP contribution >= 0.6 is 11.3 Å². The Hall–Kier alpha value is -1.36. The van der Waals surface area contributed by atoms with Crippen LogP contribution in [-0.2, 0) is 6.54 Å². The number of aryl methyl sites for hydroxylation is 1. The van der Waals surface area contributed by atoms with Crippen molar-refractivity contribution in [3.63, 3.8) is 0 Å². The number of ether oxygens (including phenoxy) is 1. The van der Waals surface area contributed by atoms with Crippen LogP contribution in [0.25, 0.3) is 0 Å². The highest BCUT2D eigenvalue weighted by atomic mass is 32.1. The fraction of sp³-hybridized carbons (Fsp3) is 0.474. The van der Waals surface area contributed by atoms with E-state index in [-0.39, 0.29) is 0 Å². The topological polar surface area (TPSA) is 32.7 Å². The van der Waals surface area contributed by atoms with Crippen LogP contribution in [0.2, 0.25) is 0 Å². The molecule has 0 saturated heterocycles. The molecule has 23 heavy (non-hydrogen) atoms. The van der Waals surface area contributed by atoms with Crippen molar-refractivity contribution in [2.24, 2.45) is 0 Å². The molecule has 2 aromatic rings. The summed E-state index contributed by atoms with van der Waals surface area (Å²) < 4.78 is 5.77. The van der Waals surface area contributed by atoms with Gasteiger partial charge in [0.15, 0.2) is 0 Å². The second-order valence-electron chi connectivity index (χ2n) is 6.05. The Kier molecular flexibility index (Phi) is 7.09. The van der Waals surface area contributed by atoms with Crippen molar-refractivity contribution in [3.05, 3.63) is 52.2 Å². The lowest BCUT2D eigenvalue weighted by molar-refractivity contribution is 0.0505. The van der Waals surface area contributed by atoms with Crippen molar-refractivity contribution in [3.8, 4) is 5.75 Å². The summed E-state index contributed by atoms with van der Waals surface area (Å²) in [5, 5.41) is 14.7. The lowest BCUT2D eigenvalue weighted by Gasteiger charge is -2.30. The average Bonchev–Trinajstić information content (AvgIpc) is 3.06. The van der Waals surface area contributed by atoms with Gasteiger partial charge in [-0.1, -0.05) is 25.1 Å². The highest BCUT2D eigenvalue weighted by Crippen LogP contribution is 2.17. The summed E-state index contributed by atoms with van der Waals surface area (Å²) in [6, 6.07) is 10.5. The minimum Gasteiger partial charge on any atom is -0.491 e. The molecule has 0 spiro atoms. The molecule has 0 aliphatic rings. The molecule has 1 aromatic heterocycles. The van der Waals surface area contributed by atoms with Crippen LogP contribution in [0.3, 0.4) is 0 Å². The van der Waals surface area contributed by atoms with Crippen LogP contribution in [0, 0.1) is 6.92 Å².